The number of rotatable bonds is 4. The maximum Gasteiger partial charge on any atom is 0.188 e. The van der Waals surface area contributed by atoms with Crippen LogP contribution in [-0.4, -0.2) is 20.2 Å². The van der Waals surface area contributed by atoms with Gasteiger partial charge in [0.05, 0.1) is 11.4 Å². The van der Waals surface area contributed by atoms with E-state index in [0.717, 1.165) is 33.5 Å². The third kappa shape index (κ3) is 3.15. The second-order valence-electron chi connectivity index (χ2n) is 5.08. The SMILES string of the molecule is Clc1ccc(-c2cc(Nc3nc(-c4cccnc4)cs3)[nH]n2)cc1. The topological polar surface area (TPSA) is 66.5 Å². The lowest BCUT2D eigenvalue weighted by molar-refractivity contribution is 1.10. The van der Waals surface area contributed by atoms with Crippen LogP contribution in [0.15, 0.2) is 60.2 Å². The molecule has 4 rings (SSSR count). The molecule has 7 heteroatoms. The van der Waals surface area contributed by atoms with Crippen LogP contribution in [0, 0.1) is 0 Å². The highest BCUT2D eigenvalue weighted by Gasteiger charge is 2.08. The Kier molecular flexibility index (Phi) is 3.98. The maximum atomic E-state index is 5.91. The molecule has 0 unspecified atom stereocenters. The van der Waals surface area contributed by atoms with Gasteiger partial charge in [-0.15, -0.1) is 11.3 Å². The lowest BCUT2D eigenvalue weighted by atomic mass is 10.1. The van der Waals surface area contributed by atoms with Crippen LogP contribution < -0.4 is 5.32 Å². The van der Waals surface area contributed by atoms with Gasteiger partial charge in [0.25, 0.3) is 0 Å². The Morgan fingerprint density at radius 2 is 1.92 bits per heavy atom. The third-order valence-electron chi connectivity index (χ3n) is 3.42. The Hall–Kier alpha value is -2.70. The van der Waals surface area contributed by atoms with Crippen molar-refractivity contribution in [1.29, 1.82) is 0 Å². The molecule has 0 aliphatic carbocycles. The minimum atomic E-state index is 0.707. The first kappa shape index (κ1) is 14.9. The predicted molar refractivity (Wildman–Crippen MR) is 97.7 cm³/mol. The van der Waals surface area contributed by atoms with Gasteiger partial charge in [0.1, 0.15) is 5.82 Å². The molecule has 0 atom stereocenters. The van der Waals surface area contributed by atoms with Crippen molar-refractivity contribution in [1.82, 2.24) is 20.2 Å². The molecule has 1 aromatic carbocycles. The number of nitrogens with zero attached hydrogens (tertiary/aromatic N) is 3. The van der Waals surface area contributed by atoms with E-state index in [0.29, 0.717) is 5.02 Å². The summed E-state index contributed by atoms with van der Waals surface area (Å²) in [6.45, 7) is 0. The summed E-state index contributed by atoms with van der Waals surface area (Å²) in [5.74, 6) is 0.784. The van der Waals surface area contributed by atoms with Gasteiger partial charge in [0, 0.05) is 40.0 Å². The van der Waals surface area contributed by atoms with Crippen molar-refractivity contribution < 1.29 is 0 Å². The zero-order valence-corrected chi connectivity index (χ0v) is 14.0. The quantitative estimate of drug-likeness (QED) is 0.542. The average Bonchev–Trinajstić information content (AvgIpc) is 3.27. The third-order valence-corrected chi connectivity index (χ3v) is 4.43. The number of benzene rings is 1. The van der Waals surface area contributed by atoms with E-state index < -0.39 is 0 Å². The first-order valence-electron chi connectivity index (χ1n) is 7.22. The molecule has 0 amide bonds. The molecule has 5 nitrogen and oxygen atoms in total. The molecule has 24 heavy (non-hydrogen) atoms. The monoisotopic (exact) mass is 353 g/mol. The van der Waals surface area contributed by atoms with Crippen LogP contribution in [0.2, 0.25) is 5.02 Å². The number of aromatic amines is 1. The lowest BCUT2D eigenvalue weighted by Gasteiger charge is -1.97. The number of nitrogens with one attached hydrogen (secondary N) is 2. The van der Waals surface area contributed by atoms with Crippen LogP contribution in [0.1, 0.15) is 0 Å². The molecule has 3 aromatic heterocycles. The number of hydrogen-bond donors (Lipinski definition) is 2. The van der Waals surface area contributed by atoms with Crippen molar-refractivity contribution in [2.45, 2.75) is 0 Å². The first-order valence-corrected chi connectivity index (χ1v) is 8.48. The van der Waals surface area contributed by atoms with Gasteiger partial charge in [0.15, 0.2) is 5.13 Å². The van der Waals surface area contributed by atoms with Crippen LogP contribution in [0.4, 0.5) is 10.9 Å². The van der Waals surface area contributed by atoms with E-state index in [9.17, 15) is 0 Å². The molecule has 0 bridgehead atoms. The Morgan fingerprint density at radius 3 is 2.71 bits per heavy atom. The Labute approximate surface area is 147 Å². The van der Waals surface area contributed by atoms with E-state index in [1.165, 1.54) is 11.3 Å². The van der Waals surface area contributed by atoms with Gasteiger partial charge in [-0.2, -0.15) is 5.10 Å². The van der Waals surface area contributed by atoms with Gasteiger partial charge in [-0.1, -0.05) is 23.7 Å². The summed E-state index contributed by atoms with van der Waals surface area (Å²) in [6, 6.07) is 13.4. The van der Waals surface area contributed by atoms with Gasteiger partial charge in [0.2, 0.25) is 0 Å². The molecule has 4 aromatic rings. The van der Waals surface area contributed by atoms with Crippen LogP contribution in [-0.2, 0) is 0 Å². The fraction of sp³-hybridized carbons (Fsp3) is 0. The van der Waals surface area contributed by atoms with E-state index in [4.69, 9.17) is 11.6 Å². The number of hydrogen-bond acceptors (Lipinski definition) is 5. The highest BCUT2D eigenvalue weighted by Crippen LogP contribution is 2.27. The molecular weight excluding hydrogens is 342 g/mol. The van der Waals surface area contributed by atoms with E-state index in [-0.39, 0.29) is 0 Å². The summed E-state index contributed by atoms with van der Waals surface area (Å²) in [5.41, 5.74) is 3.73. The highest BCUT2D eigenvalue weighted by molar-refractivity contribution is 7.14. The van der Waals surface area contributed by atoms with Gasteiger partial charge in [-0.25, -0.2) is 4.98 Å². The summed E-state index contributed by atoms with van der Waals surface area (Å²) in [6.07, 6.45) is 3.55. The predicted octanol–water partition coefficient (Wildman–Crippen LogP) is 4.99. The zero-order chi connectivity index (χ0) is 16.4. The van der Waals surface area contributed by atoms with Crippen molar-refractivity contribution in [3.63, 3.8) is 0 Å². The molecule has 3 heterocycles. The van der Waals surface area contributed by atoms with Crippen molar-refractivity contribution in [2.75, 3.05) is 5.32 Å². The fourth-order valence-corrected chi connectivity index (χ4v) is 3.11. The summed E-state index contributed by atoms with van der Waals surface area (Å²) < 4.78 is 0. The molecule has 0 saturated heterocycles. The number of anilines is 2. The molecule has 0 fully saturated rings. The smallest absolute Gasteiger partial charge is 0.188 e. The summed E-state index contributed by atoms with van der Waals surface area (Å²) >= 11 is 7.44. The van der Waals surface area contributed by atoms with Crippen molar-refractivity contribution in [2.24, 2.45) is 0 Å². The molecular formula is C17H12ClN5S. The van der Waals surface area contributed by atoms with Crippen LogP contribution >= 0.6 is 22.9 Å². The van der Waals surface area contributed by atoms with Crippen LogP contribution in [0.3, 0.4) is 0 Å². The van der Waals surface area contributed by atoms with E-state index >= 15 is 0 Å². The minimum absolute atomic E-state index is 0.707. The van der Waals surface area contributed by atoms with Gasteiger partial charge in [-0.05, 0) is 24.3 Å². The Balaban J connectivity index is 1.52. The number of thiazole rings is 1. The molecule has 118 valence electrons. The number of pyridine rings is 1. The largest absolute Gasteiger partial charge is 0.317 e. The molecule has 0 saturated carbocycles. The van der Waals surface area contributed by atoms with Crippen molar-refractivity contribution in [3.05, 3.63) is 65.3 Å². The zero-order valence-electron chi connectivity index (χ0n) is 12.4. The molecule has 2 N–H and O–H groups in total. The molecule has 0 aliphatic rings. The second-order valence-corrected chi connectivity index (χ2v) is 6.37. The first-order chi connectivity index (χ1) is 11.8. The van der Waals surface area contributed by atoms with E-state index in [1.54, 1.807) is 12.4 Å². The van der Waals surface area contributed by atoms with E-state index in [1.807, 2.05) is 47.8 Å². The Bertz CT molecular complexity index is 947. The normalized spacial score (nSPS) is 10.7. The standard InChI is InChI=1S/C17H12ClN5S/c18-13-5-3-11(4-6-13)14-8-16(23-22-14)21-17-20-15(10-24-17)12-2-1-7-19-9-12/h1-10H,(H2,20,21,22,23). The Morgan fingerprint density at radius 1 is 1.04 bits per heavy atom. The maximum absolute atomic E-state index is 5.91. The minimum Gasteiger partial charge on any atom is -0.317 e. The average molecular weight is 354 g/mol. The summed E-state index contributed by atoms with van der Waals surface area (Å²) in [5, 5.41) is 14.0. The fourth-order valence-electron chi connectivity index (χ4n) is 2.25. The number of aromatic nitrogens is 4. The highest BCUT2D eigenvalue weighted by atomic mass is 35.5. The number of halogens is 1. The van der Waals surface area contributed by atoms with Gasteiger partial charge in [-0.3, -0.25) is 10.1 Å². The van der Waals surface area contributed by atoms with Gasteiger partial charge < -0.3 is 5.32 Å². The van der Waals surface area contributed by atoms with Crippen LogP contribution in [0.5, 0.6) is 0 Å². The molecule has 0 radical (unpaired) electrons. The molecule has 0 aliphatic heterocycles. The van der Waals surface area contributed by atoms with Crippen molar-refractivity contribution >= 4 is 33.9 Å². The summed E-state index contributed by atoms with van der Waals surface area (Å²) in [7, 11) is 0. The second kappa shape index (κ2) is 6.43. The number of H-pyrrole nitrogens is 1. The summed E-state index contributed by atoms with van der Waals surface area (Å²) in [4.78, 5) is 8.69. The lowest BCUT2D eigenvalue weighted by Crippen LogP contribution is -1.89. The van der Waals surface area contributed by atoms with E-state index in [2.05, 4.69) is 25.5 Å². The van der Waals surface area contributed by atoms with Gasteiger partial charge >= 0.3 is 0 Å². The van der Waals surface area contributed by atoms with Crippen LogP contribution in [0.25, 0.3) is 22.5 Å². The molecule has 0 spiro atoms. The van der Waals surface area contributed by atoms with Crippen molar-refractivity contribution in [3.8, 4) is 22.5 Å².